The average Bonchev–Trinajstić information content (AvgIpc) is 3.61. The summed E-state index contributed by atoms with van der Waals surface area (Å²) in [5, 5.41) is 31.1. The van der Waals surface area contributed by atoms with E-state index in [9.17, 15) is 39.3 Å². The fourth-order valence-corrected chi connectivity index (χ4v) is 7.04. The molecule has 2 aromatic rings. The van der Waals surface area contributed by atoms with Crippen molar-refractivity contribution in [1.29, 1.82) is 0 Å². The monoisotopic (exact) mass is 742 g/mol. The number of methoxy groups -OCH3 is 2. The van der Waals surface area contributed by atoms with Gasteiger partial charge in [-0.25, -0.2) is 4.79 Å². The van der Waals surface area contributed by atoms with E-state index in [0.717, 1.165) is 5.56 Å². The number of carbonyl (C=O) groups is 5. The van der Waals surface area contributed by atoms with Gasteiger partial charge in [0.15, 0.2) is 0 Å². The Balaban J connectivity index is 0.000000243. The quantitative estimate of drug-likeness (QED) is 0.129. The zero-order chi connectivity index (χ0) is 38.2. The van der Waals surface area contributed by atoms with Gasteiger partial charge in [0.2, 0.25) is 18.6 Å². The summed E-state index contributed by atoms with van der Waals surface area (Å²) in [5.41, 5.74) is 1.98. The molecule has 0 bridgehead atoms. The number of fused-ring (bicyclic) bond motifs is 2. The molecule has 6 rings (SSSR count). The minimum absolute atomic E-state index is 0. The van der Waals surface area contributed by atoms with E-state index in [1.54, 1.807) is 97.4 Å². The second-order valence-corrected chi connectivity index (χ2v) is 14.1. The molecule has 53 heavy (non-hydrogen) atoms. The average molecular weight is 743 g/mol. The smallest absolute Gasteiger partial charge is 0.543 e. The Kier molecular flexibility index (Phi) is 12.9. The zero-order valence-corrected chi connectivity index (χ0v) is 33.1. The molecule has 4 aliphatic heterocycles. The number of carboxylic acids is 1. The normalized spacial score (nSPS) is 22.6. The van der Waals surface area contributed by atoms with Crippen LogP contribution in [0.4, 0.5) is 0 Å². The third kappa shape index (κ3) is 8.02. The van der Waals surface area contributed by atoms with Crippen LogP contribution >= 0.6 is 0 Å². The van der Waals surface area contributed by atoms with Crippen molar-refractivity contribution in [3.05, 3.63) is 71.1 Å². The van der Waals surface area contributed by atoms with Gasteiger partial charge in [0.05, 0.1) is 67.4 Å². The van der Waals surface area contributed by atoms with Crippen LogP contribution in [0.2, 0.25) is 0 Å². The number of rotatable bonds is 10. The molecule has 15 heteroatoms. The van der Waals surface area contributed by atoms with E-state index in [4.69, 9.17) is 18.9 Å². The number of aliphatic hydroxyl groups excluding tert-OH is 2. The van der Waals surface area contributed by atoms with Crippen LogP contribution in [0.1, 0.15) is 58.6 Å². The summed E-state index contributed by atoms with van der Waals surface area (Å²) in [6.45, 7) is 7.65. The molecule has 2 saturated heterocycles. The molecule has 0 unspecified atom stereocenters. The van der Waals surface area contributed by atoms with Crippen LogP contribution in [0.5, 0.6) is 11.5 Å². The second kappa shape index (κ2) is 16.4. The van der Waals surface area contributed by atoms with Crippen molar-refractivity contribution in [2.75, 3.05) is 21.0 Å². The number of benzene rings is 2. The molecule has 278 valence electrons. The van der Waals surface area contributed by atoms with Crippen LogP contribution in [0.3, 0.4) is 0 Å². The van der Waals surface area contributed by atoms with Crippen molar-refractivity contribution >= 4 is 40.9 Å². The van der Waals surface area contributed by atoms with E-state index >= 15 is 0 Å². The number of nitrogens with zero attached hydrogens (tertiary/aromatic N) is 2. The predicted molar refractivity (Wildman–Crippen MR) is 182 cm³/mol. The Morgan fingerprint density at radius 3 is 1.51 bits per heavy atom. The fraction of sp³-hybridized carbons (Fsp3) is 0.447. The van der Waals surface area contributed by atoms with Crippen molar-refractivity contribution in [3.63, 3.8) is 0 Å². The third-order valence-electron chi connectivity index (χ3n) is 9.71. The third-order valence-corrected chi connectivity index (χ3v) is 9.71. The molecule has 4 heterocycles. The maximum absolute atomic E-state index is 12.8. The van der Waals surface area contributed by atoms with Crippen molar-refractivity contribution in [1.82, 2.24) is 9.80 Å². The van der Waals surface area contributed by atoms with Crippen LogP contribution in [-0.2, 0) is 33.4 Å². The predicted octanol–water partition coefficient (Wildman–Crippen LogP) is -1.12. The summed E-state index contributed by atoms with van der Waals surface area (Å²) in [6, 6.07) is 13.5. The van der Waals surface area contributed by atoms with E-state index in [-0.39, 0.29) is 64.8 Å². The number of hydrogen-bond donors (Lipinski definition) is 2. The number of aliphatic hydroxyl groups is 2. The maximum Gasteiger partial charge on any atom is 1.00 e. The van der Waals surface area contributed by atoms with Crippen molar-refractivity contribution in [2.45, 2.75) is 71.8 Å². The van der Waals surface area contributed by atoms with Gasteiger partial charge in [0.25, 0.3) is 0 Å². The molecule has 4 aliphatic rings. The number of esters is 2. The summed E-state index contributed by atoms with van der Waals surface area (Å²) in [6.07, 6.45) is -0.803. The van der Waals surface area contributed by atoms with Gasteiger partial charge in [-0.2, -0.15) is 0 Å². The van der Waals surface area contributed by atoms with Crippen LogP contribution in [0.25, 0.3) is 11.1 Å². The number of hydrogen-bond acceptors (Lipinski definition) is 12. The first-order chi connectivity index (χ1) is 24.5. The molecular weight excluding hydrogens is 699 g/mol. The molecule has 2 aromatic carbocycles. The topological polar surface area (TPSA) is 192 Å². The van der Waals surface area contributed by atoms with Crippen LogP contribution < -0.4 is 44.1 Å². The largest absolute Gasteiger partial charge is 1.00 e. The summed E-state index contributed by atoms with van der Waals surface area (Å²) in [4.78, 5) is 63.5. The van der Waals surface area contributed by atoms with E-state index in [1.807, 2.05) is 0 Å². The Morgan fingerprint density at radius 1 is 0.755 bits per heavy atom. The summed E-state index contributed by atoms with van der Waals surface area (Å²) in [7, 11) is 3.11. The van der Waals surface area contributed by atoms with Crippen LogP contribution in [0, 0.1) is 17.3 Å². The van der Waals surface area contributed by atoms with Crippen LogP contribution in [0.15, 0.2) is 59.9 Å². The number of amides is 2. The van der Waals surface area contributed by atoms with Gasteiger partial charge >= 0.3 is 41.5 Å². The molecule has 2 N–H and O–H groups in total. The van der Waals surface area contributed by atoms with Gasteiger partial charge in [0, 0.05) is 0 Å². The standard InChI is InChI=1S/C22H27NO7.C16H17NO5.Na/c1-12(24)17-16-10-15(13-6-8-14(28-5)9-7-13)18(23(16)19(17)25)20(26)29-11-30-21(27)22(2,3)4;1-8(18)13-12-7-11(9-3-5-10(22-2)6-4-9)14(16(20)21)17(12)15(13)19;/h6-9,12,16-17,24H,10-11H2,1-5H3;3-6,8,12-13,18H,7H2,1-2H3,(H,20,21);/q;;+1/p-1/t12-,16-,17-;8-,12-,13-;/m11./s1. The molecule has 0 aromatic heterocycles. The summed E-state index contributed by atoms with van der Waals surface area (Å²) >= 11 is 0. The van der Waals surface area contributed by atoms with Gasteiger partial charge in [-0.3, -0.25) is 14.4 Å². The summed E-state index contributed by atoms with van der Waals surface area (Å²) in [5.74, 6) is -3.09. The van der Waals surface area contributed by atoms with Gasteiger partial charge in [-0.15, -0.1) is 0 Å². The minimum Gasteiger partial charge on any atom is -0.543 e. The molecular formula is C38H43N2NaO12. The van der Waals surface area contributed by atoms with Gasteiger partial charge < -0.3 is 48.9 Å². The fourth-order valence-electron chi connectivity index (χ4n) is 7.04. The maximum atomic E-state index is 12.8. The molecule has 0 radical (unpaired) electrons. The molecule has 0 saturated carbocycles. The Morgan fingerprint density at radius 2 is 1.15 bits per heavy atom. The number of aliphatic carboxylic acids is 1. The van der Waals surface area contributed by atoms with E-state index < -0.39 is 54.2 Å². The Bertz CT molecular complexity index is 1810. The molecule has 14 nitrogen and oxygen atoms in total. The van der Waals surface area contributed by atoms with Crippen LogP contribution in [-0.4, -0.2) is 95.0 Å². The van der Waals surface area contributed by atoms with Gasteiger partial charge in [-0.1, -0.05) is 24.3 Å². The van der Waals surface area contributed by atoms with E-state index in [1.165, 1.54) is 9.80 Å². The number of ether oxygens (including phenoxy) is 4. The first-order valence-corrected chi connectivity index (χ1v) is 16.8. The molecule has 6 atom stereocenters. The first kappa shape index (κ1) is 41.5. The Hall–Kier alpha value is -4.21. The van der Waals surface area contributed by atoms with Crippen molar-refractivity contribution in [2.24, 2.45) is 17.3 Å². The first-order valence-electron chi connectivity index (χ1n) is 16.8. The molecule has 0 spiro atoms. The second-order valence-electron chi connectivity index (χ2n) is 14.1. The molecule has 2 fully saturated rings. The molecule has 0 aliphatic carbocycles. The summed E-state index contributed by atoms with van der Waals surface area (Å²) < 4.78 is 20.4. The minimum atomic E-state index is -1.37. The zero-order valence-electron chi connectivity index (χ0n) is 31.1. The van der Waals surface area contributed by atoms with Crippen molar-refractivity contribution in [3.8, 4) is 11.5 Å². The number of β-lactam (4-membered cyclic amide) rings is 2. The SMILES string of the molecule is COc1ccc(C2=C(C(=O)OCOC(=O)C(C)(C)C)N3C(=O)[C@H]([C@@H](C)O)[C@H]3C2)cc1.COc1ccc(C2=C(C(=O)[O-])N3C(=O)[C@H]([C@@H](C)O)[C@H]3C2)cc1.[Na+]. The van der Waals surface area contributed by atoms with Gasteiger partial charge in [-0.05, 0) is 94.0 Å². The number of carbonyl (C=O) groups excluding carboxylic acids is 5. The van der Waals surface area contributed by atoms with E-state index in [2.05, 4.69) is 0 Å². The van der Waals surface area contributed by atoms with Crippen molar-refractivity contribution < 1.29 is 87.8 Å². The van der Waals surface area contributed by atoms with Gasteiger partial charge in [0.1, 0.15) is 17.2 Å². The number of carboxylic acid groups (broad SMARTS) is 1. The van der Waals surface area contributed by atoms with E-state index in [0.29, 0.717) is 41.1 Å². The molecule has 2 amide bonds. The Labute approximate surface area is 329 Å².